The fourth-order valence-electron chi connectivity index (χ4n) is 4.32. The smallest absolute Gasteiger partial charge is 0.185 e. The minimum Gasteiger partial charge on any atom is -0.507 e. The molecule has 2 aliphatic rings. The lowest BCUT2D eigenvalue weighted by Crippen LogP contribution is -2.53. The first kappa shape index (κ1) is 18.8. The number of piperidine rings is 1. The van der Waals surface area contributed by atoms with E-state index in [0.29, 0.717) is 16.8 Å². The molecule has 1 aromatic carbocycles. The van der Waals surface area contributed by atoms with Crippen LogP contribution >= 0.6 is 0 Å². The summed E-state index contributed by atoms with van der Waals surface area (Å²) in [6, 6.07) is 4.72. The van der Waals surface area contributed by atoms with Gasteiger partial charge in [0, 0.05) is 30.9 Å². The highest BCUT2D eigenvalue weighted by molar-refractivity contribution is 5.66. The molecule has 30 heavy (non-hydrogen) atoms. The third kappa shape index (κ3) is 3.15. The fraction of sp³-hybridized carbons (Fsp3) is 0.333. The Hall–Kier alpha value is -3.20. The van der Waals surface area contributed by atoms with Gasteiger partial charge in [-0.1, -0.05) is 0 Å². The highest BCUT2D eigenvalue weighted by atomic mass is 19.1. The van der Waals surface area contributed by atoms with E-state index in [2.05, 4.69) is 25.5 Å². The summed E-state index contributed by atoms with van der Waals surface area (Å²) in [6.07, 6.45) is 6.22. The van der Waals surface area contributed by atoms with Gasteiger partial charge in [-0.05, 0) is 37.1 Å². The van der Waals surface area contributed by atoms with Crippen molar-refractivity contribution in [3.05, 3.63) is 54.4 Å². The first-order valence-electron chi connectivity index (χ1n) is 9.71. The zero-order valence-corrected chi connectivity index (χ0v) is 16.2. The highest BCUT2D eigenvalue weighted by Gasteiger charge is 2.52. The van der Waals surface area contributed by atoms with Crippen LogP contribution in [0.1, 0.15) is 25.5 Å². The van der Waals surface area contributed by atoms with Gasteiger partial charge < -0.3 is 15.0 Å². The molecule has 0 saturated carbocycles. The van der Waals surface area contributed by atoms with Gasteiger partial charge in [0.2, 0.25) is 0 Å². The van der Waals surface area contributed by atoms with Crippen molar-refractivity contribution in [2.75, 3.05) is 0 Å². The molecule has 2 N–H and O–H groups in total. The van der Waals surface area contributed by atoms with E-state index in [1.807, 2.05) is 6.07 Å². The molecule has 0 spiro atoms. The van der Waals surface area contributed by atoms with Crippen LogP contribution in [0.5, 0.6) is 5.75 Å². The molecule has 2 fully saturated rings. The van der Waals surface area contributed by atoms with Crippen molar-refractivity contribution in [2.45, 2.75) is 43.7 Å². The number of aromatic hydroxyl groups is 1. The van der Waals surface area contributed by atoms with Crippen molar-refractivity contribution in [3.63, 3.8) is 0 Å². The minimum atomic E-state index is -1.30. The van der Waals surface area contributed by atoms with E-state index in [-0.39, 0.29) is 30.5 Å². The topological polar surface area (TPSA) is 88.8 Å². The summed E-state index contributed by atoms with van der Waals surface area (Å²) in [5, 5.41) is 21.6. The van der Waals surface area contributed by atoms with Crippen molar-refractivity contribution >= 4 is 6.08 Å². The van der Waals surface area contributed by atoms with E-state index >= 15 is 0 Å². The summed E-state index contributed by atoms with van der Waals surface area (Å²) in [6.45, 7) is 1.71. The second-order valence-electron chi connectivity index (χ2n) is 8.05. The number of nitrogens with one attached hydrogen (secondary N) is 1. The van der Waals surface area contributed by atoms with Crippen LogP contribution in [0.15, 0.2) is 48.7 Å². The number of alkyl halides is 2. The molecule has 4 atom stereocenters. The quantitative estimate of drug-likeness (QED) is 0.690. The number of fused-ring (bicyclic) bond motifs is 2. The fourth-order valence-corrected chi connectivity index (χ4v) is 4.32. The summed E-state index contributed by atoms with van der Waals surface area (Å²) in [7, 11) is 0. The predicted octanol–water partition coefficient (Wildman–Crippen LogP) is 3.01. The molecule has 2 bridgehead atoms. The van der Waals surface area contributed by atoms with Gasteiger partial charge in [0.05, 0.1) is 29.3 Å². The van der Waals surface area contributed by atoms with E-state index in [1.165, 1.54) is 6.20 Å². The van der Waals surface area contributed by atoms with Crippen molar-refractivity contribution in [1.29, 1.82) is 0 Å². The monoisotopic (exact) mass is 410 g/mol. The normalized spacial score (nSPS) is 29.4. The molecule has 2 saturated heterocycles. The molecule has 2 aromatic heterocycles. The Labute approximate surface area is 171 Å². The summed E-state index contributed by atoms with van der Waals surface area (Å²) in [5.41, 5.74) is 1.18. The molecule has 4 heterocycles. The summed E-state index contributed by atoms with van der Waals surface area (Å²) >= 11 is 0. The molecule has 2 aliphatic heterocycles. The number of nitrogens with zero attached hydrogens (tertiary/aromatic N) is 5. The lowest BCUT2D eigenvalue weighted by molar-refractivity contribution is 0.186. The van der Waals surface area contributed by atoms with E-state index in [9.17, 15) is 13.9 Å². The highest BCUT2D eigenvalue weighted by Crippen LogP contribution is 2.42. The third-order valence-corrected chi connectivity index (χ3v) is 5.85. The Bertz CT molecular complexity index is 1100. The van der Waals surface area contributed by atoms with Gasteiger partial charge in [0.15, 0.2) is 5.82 Å². The Balaban J connectivity index is 1.39. The maximum Gasteiger partial charge on any atom is 0.185 e. The van der Waals surface area contributed by atoms with E-state index < -0.39 is 17.9 Å². The molecule has 0 aliphatic carbocycles. The van der Waals surface area contributed by atoms with Gasteiger partial charge >= 0.3 is 0 Å². The molecule has 0 unspecified atom stereocenters. The van der Waals surface area contributed by atoms with E-state index in [4.69, 9.17) is 0 Å². The number of aromatic nitrogens is 5. The van der Waals surface area contributed by atoms with Crippen LogP contribution in [0.3, 0.4) is 0 Å². The SMILES string of the molecule is C[C@]12C[C@H](F)[C@H](C/C(=C\c3cnc(-c4ccc(-n5ccnc5)cc4O)nn3)[C@@H]1F)N2. The number of benzene rings is 1. The minimum absolute atomic E-state index is 0.00905. The number of rotatable bonds is 3. The van der Waals surface area contributed by atoms with Gasteiger partial charge in [-0.25, -0.2) is 18.7 Å². The average molecular weight is 410 g/mol. The molecule has 7 nitrogen and oxygen atoms in total. The van der Waals surface area contributed by atoms with Crippen LogP contribution in [0.25, 0.3) is 23.2 Å². The zero-order valence-electron chi connectivity index (χ0n) is 16.2. The maximum absolute atomic E-state index is 14.9. The van der Waals surface area contributed by atoms with Gasteiger partial charge in [0.25, 0.3) is 0 Å². The lowest BCUT2D eigenvalue weighted by Gasteiger charge is -2.35. The van der Waals surface area contributed by atoms with Crippen LogP contribution in [0, 0.1) is 0 Å². The Morgan fingerprint density at radius 3 is 2.87 bits per heavy atom. The summed E-state index contributed by atoms with van der Waals surface area (Å²) in [4.78, 5) is 8.25. The summed E-state index contributed by atoms with van der Waals surface area (Å²) < 4.78 is 30.8. The molecular weight excluding hydrogens is 390 g/mol. The van der Waals surface area contributed by atoms with Crippen LogP contribution in [-0.4, -0.2) is 53.8 Å². The van der Waals surface area contributed by atoms with Gasteiger partial charge in [-0.15, -0.1) is 10.2 Å². The van der Waals surface area contributed by atoms with Crippen molar-refractivity contribution in [1.82, 2.24) is 30.0 Å². The van der Waals surface area contributed by atoms with Crippen molar-refractivity contribution in [3.8, 4) is 22.8 Å². The van der Waals surface area contributed by atoms with Crippen molar-refractivity contribution < 1.29 is 13.9 Å². The molecule has 154 valence electrons. The molecule has 3 aromatic rings. The van der Waals surface area contributed by atoms with Crippen LogP contribution in [0.2, 0.25) is 0 Å². The average Bonchev–Trinajstić information content (AvgIpc) is 3.34. The Kier molecular flexibility index (Phi) is 4.35. The van der Waals surface area contributed by atoms with E-state index in [0.717, 1.165) is 5.69 Å². The third-order valence-electron chi connectivity index (χ3n) is 5.85. The largest absolute Gasteiger partial charge is 0.507 e. The number of halogens is 2. The first-order chi connectivity index (χ1) is 14.4. The van der Waals surface area contributed by atoms with Crippen LogP contribution in [0.4, 0.5) is 8.78 Å². The second-order valence-corrected chi connectivity index (χ2v) is 8.05. The van der Waals surface area contributed by atoms with Crippen LogP contribution < -0.4 is 5.32 Å². The molecule has 0 amide bonds. The van der Waals surface area contributed by atoms with Gasteiger partial charge in [-0.2, -0.15) is 0 Å². The zero-order chi connectivity index (χ0) is 20.9. The first-order valence-corrected chi connectivity index (χ1v) is 9.71. The number of hydrogen-bond acceptors (Lipinski definition) is 6. The Morgan fingerprint density at radius 1 is 1.30 bits per heavy atom. The standard InChI is InChI=1S/C21H20F2N6O/c1-21-9-16(22)17(26-21)7-12(19(21)23)6-13-10-25-20(28-27-13)15-3-2-14(8-18(15)30)29-5-4-24-11-29/h2-6,8,10-11,16-17,19,26,30H,7,9H2,1H3/b12-6+/t16-,17-,19-,21-/m0/s1. The Morgan fingerprint density at radius 2 is 2.17 bits per heavy atom. The number of hydrogen-bond donors (Lipinski definition) is 2. The molecular formula is C21H20F2N6O. The molecule has 0 radical (unpaired) electrons. The van der Waals surface area contributed by atoms with Crippen LogP contribution in [-0.2, 0) is 0 Å². The van der Waals surface area contributed by atoms with Crippen molar-refractivity contribution in [2.24, 2.45) is 0 Å². The van der Waals surface area contributed by atoms with Gasteiger partial charge in [0.1, 0.15) is 23.8 Å². The molecule has 5 rings (SSSR count). The van der Waals surface area contributed by atoms with E-state index in [1.54, 1.807) is 48.4 Å². The second kappa shape index (κ2) is 6.94. The summed E-state index contributed by atoms with van der Waals surface area (Å²) in [5.74, 6) is 0.263. The maximum atomic E-state index is 14.9. The number of imidazole rings is 1. The molecule has 9 heteroatoms. The number of phenols is 1. The van der Waals surface area contributed by atoms with Gasteiger partial charge in [-0.3, -0.25) is 0 Å². The predicted molar refractivity (Wildman–Crippen MR) is 106 cm³/mol. The lowest BCUT2D eigenvalue weighted by atomic mass is 9.86. The number of phenolic OH excluding ortho intramolecular Hbond substituents is 1.